The maximum Gasteiger partial charge on any atom is 0.494 e. The van der Waals surface area contributed by atoms with Crippen LogP contribution in [0.4, 0.5) is 0 Å². The Hall–Kier alpha value is -13.0. The van der Waals surface area contributed by atoms with Crippen molar-refractivity contribution in [2.24, 2.45) is 0 Å². The molecule has 9 aromatic carbocycles. The van der Waals surface area contributed by atoms with Crippen molar-refractivity contribution < 1.29 is 75.6 Å². The average molecular weight is 2140 g/mol. The van der Waals surface area contributed by atoms with E-state index in [1.165, 1.54) is 28.0 Å². The third kappa shape index (κ3) is 24.9. The molecule has 3 fully saturated rings. The number of carbonyl (C=O) groups excluding carboxylic acids is 3. The molecule has 3 aliphatic heterocycles. The number of nitrogens with one attached hydrogen (secondary N) is 3. The zero-order valence-electron chi connectivity index (χ0n) is 87.1. The van der Waals surface area contributed by atoms with Crippen LogP contribution in [0.5, 0.6) is 23.0 Å². The van der Waals surface area contributed by atoms with Gasteiger partial charge in [0.2, 0.25) is 17.3 Å². The number of amides is 3. The van der Waals surface area contributed by atoms with E-state index in [-0.39, 0.29) is 87.2 Å². The Bertz CT molecular complexity index is 7260. The van der Waals surface area contributed by atoms with Gasteiger partial charge in [0, 0.05) is 113 Å². The molecule has 0 aliphatic carbocycles. The molecule has 3 aliphatic rings. The fourth-order valence-corrected chi connectivity index (χ4v) is 17.9. The van der Waals surface area contributed by atoms with E-state index in [0.29, 0.717) is 93.3 Å². The van der Waals surface area contributed by atoms with Gasteiger partial charge < -0.3 is 77.1 Å². The minimum atomic E-state index is -0.476. The van der Waals surface area contributed by atoms with Gasteiger partial charge >= 0.3 is 21.1 Å². The number of hydrogen-bond donors (Lipinski definition) is 5. The minimum absolute atomic E-state index is 0.00319. The maximum atomic E-state index is 13.1. The minimum Gasteiger partial charge on any atom is -0.508 e. The van der Waals surface area contributed by atoms with Crippen LogP contribution in [0, 0.1) is 17.4 Å². The summed E-state index contributed by atoms with van der Waals surface area (Å²) in [5, 5.41) is 50.6. The van der Waals surface area contributed by atoms with E-state index in [0.717, 1.165) is 92.5 Å². The second-order valence-electron chi connectivity index (χ2n) is 40.1. The van der Waals surface area contributed by atoms with Crippen LogP contribution in [0.2, 0.25) is 0 Å². The Balaban J connectivity index is 0.000000143. The summed E-state index contributed by atoms with van der Waals surface area (Å²) in [5.74, 6) is 1.43. The zero-order valence-corrected chi connectivity index (χ0v) is 90.8. The third-order valence-electron chi connectivity index (χ3n) is 27.1. The van der Waals surface area contributed by atoms with Crippen molar-refractivity contribution in [2.75, 3.05) is 19.6 Å². The van der Waals surface area contributed by atoms with Gasteiger partial charge in [0.05, 0.1) is 48.3 Å². The fraction of sp³-hybridized carbons (Fsp3) is 0.322. The molecule has 26 nitrogen and oxygen atoms in total. The number of aromatic hydroxyl groups is 2. The van der Waals surface area contributed by atoms with Crippen LogP contribution in [-0.4, -0.2) is 138 Å². The zero-order chi connectivity index (χ0) is 105. The fourth-order valence-electron chi connectivity index (χ4n) is 16.8. The Kier molecular flexibility index (Phi) is 34.6. The molecule has 0 spiro atoms. The number of phenolic OH excluding ortho intramolecular Hbond substituents is 2. The molecule has 31 heteroatoms. The molecular weight excluding hydrogens is 2020 g/mol. The highest BCUT2D eigenvalue weighted by atomic mass is 127. The number of aryl methyl sites for hydroxylation is 2. The van der Waals surface area contributed by atoms with Gasteiger partial charge in [-0.25, -0.2) is 0 Å². The quantitative estimate of drug-likeness (QED) is 0.0311. The van der Waals surface area contributed by atoms with Gasteiger partial charge in [-0.15, -0.1) is 0 Å². The molecule has 3 amide bonds. The molecule has 146 heavy (non-hydrogen) atoms. The number of hydrogen-bond acceptors (Lipinski definition) is 23. The second-order valence-corrected chi connectivity index (χ2v) is 42.1. The first-order valence-corrected chi connectivity index (χ1v) is 51.1. The lowest BCUT2D eigenvalue weighted by atomic mass is 9.49. The number of nitrogens with zero attached hydrogens (tertiary/aromatic N) is 7. The lowest BCUT2D eigenvalue weighted by molar-refractivity contribution is 0.00578. The van der Waals surface area contributed by atoms with Crippen LogP contribution in [0.1, 0.15) is 234 Å². The summed E-state index contributed by atoms with van der Waals surface area (Å²) >= 11 is 5.53. The molecule has 5 N–H and O–H groups in total. The molecule has 0 radical (unpaired) electrons. The number of carbonyl (C=O) groups is 3. The number of fused-ring (bicyclic) bond motifs is 4. The van der Waals surface area contributed by atoms with Gasteiger partial charge in [0.25, 0.3) is 17.7 Å². The molecule has 19 rings (SSSR count). The topological polar surface area (TPSA) is 331 Å². The first-order chi connectivity index (χ1) is 69.4. The first kappa shape index (κ1) is 109. The van der Waals surface area contributed by atoms with Crippen LogP contribution in [0.25, 0.3) is 99.1 Å². The Morgan fingerprint density at radius 3 is 1.13 bits per heavy atom. The van der Waals surface area contributed by atoms with Gasteiger partial charge in [0.15, 0.2) is 0 Å². The number of benzene rings is 9. The van der Waals surface area contributed by atoms with Crippen molar-refractivity contribution in [1.82, 2.24) is 51.4 Å². The van der Waals surface area contributed by atoms with Crippen LogP contribution < -0.4 is 30.9 Å². The summed E-state index contributed by atoms with van der Waals surface area (Å²) < 4.78 is 66.9. The number of pyridine rings is 4. The van der Waals surface area contributed by atoms with Crippen LogP contribution in [0.3, 0.4) is 0 Å². The SMILES string of the molecule is Brc1ccc2cnccc2c1.CC1(C)OB(B2OC(C)(C)C(C)(C)O2)OC1(C)C.CC1(C)OB(c2ccc3cnccc3c2)OC1(C)C.CCNC(=O)c1onc(-c2cc(C(C)C)c(C)cc2OCc2ccccc2)c1-c1ccc2cnccc2c1.CCNC(=O)c1onc(-c2cc(C(C)C)c(C)cc2OCc2ccccc2)c1I.CCNC(=O)c1onc(-c2cc(C(C)C)c(O)cc2O)c1-c1ccc2cnccc2c1. The summed E-state index contributed by atoms with van der Waals surface area (Å²) in [6, 6.07) is 63.3. The van der Waals surface area contributed by atoms with Crippen LogP contribution in [0.15, 0.2) is 262 Å². The van der Waals surface area contributed by atoms with Crippen molar-refractivity contribution in [1.29, 1.82) is 0 Å². The van der Waals surface area contributed by atoms with Gasteiger partial charge in [-0.2, -0.15) is 0 Å². The highest BCUT2D eigenvalue weighted by Crippen LogP contribution is 2.49. The van der Waals surface area contributed by atoms with E-state index in [9.17, 15) is 24.6 Å². The van der Waals surface area contributed by atoms with E-state index in [1.54, 1.807) is 37.1 Å². The molecule has 0 atom stereocenters. The predicted octanol–water partition coefficient (Wildman–Crippen LogP) is 25.6. The summed E-state index contributed by atoms with van der Waals surface area (Å²) in [4.78, 5) is 54.6. The number of ether oxygens (including phenoxy) is 2. The molecule has 10 heterocycles. The van der Waals surface area contributed by atoms with E-state index in [1.807, 2.05) is 254 Å². The van der Waals surface area contributed by atoms with Gasteiger partial charge in [-0.05, 0) is 319 Å². The van der Waals surface area contributed by atoms with E-state index in [2.05, 4.69) is 196 Å². The maximum absolute atomic E-state index is 13.1. The Morgan fingerprint density at radius 2 is 0.726 bits per heavy atom. The van der Waals surface area contributed by atoms with E-state index < -0.39 is 19.9 Å². The number of aromatic nitrogens is 7. The summed E-state index contributed by atoms with van der Waals surface area (Å²) in [6.07, 6.45) is 14.4. The standard InChI is InChI=1S/C32H31N3O3.C24H23N3O4.C23H25IN2O3.C15H18BNO2.C12H24B2O4.C9H6BrN/c1-5-34-32(36)31-29(24-11-12-25-18-33-14-13-23(25)16-24)30(35-38-31)27-17-26(20(2)3)21(4)15-28(27)37-19-22-9-7-6-8-10-22;1-4-26-24(30)23-21(15-5-6-16-12-25-8-7-14(16)9-15)22(27-31-23)18-10-17(13(2)3)19(28)11-20(18)29;1-5-25-23(27)22-20(24)21(26-29-22)18-12-17(14(2)3)15(4)11-19(18)28-13-16-9-7-6-8-10-16;1-14(2)15(3,4)19-16(18-14)13-6-5-12-10-17-8-7-11(12)9-13;1-9(2)10(3,4)16-13(15-9)14-17-11(5,6)12(7,8)18-14;10-9-2-1-8-6-11-4-3-7(8)5-9/h6-18,20H,5,19H2,1-4H3,(H,34,36);5-13,28-29H,4H2,1-3H3,(H,26,30);6-12,14H,5,13H2,1-4H3,(H,25,27);5-10H,1-4H3;1-8H3;1-6H. The molecule has 756 valence electrons. The molecule has 0 bridgehead atoms. The Morgan fingerprint density at radius 1 is 0.384 bits per heavy atom. The van der Waals surface area contributed by atoms with Crippen molar-refractivity contribution >= 4 is 126 Å². The van der Waals surface area contributed by atoms with Crippen molar-refractivity contribution in [3.8, 4) is 79.0 Å². The third-order valence-corrected chi connectivity index (χ3v) is 28.5. The molecule has 7 aromatic heterocycles. The van der Waals surface area contributed by atoms with Gasteiger partial charge in [-0.3, -0.25) is 34.3 Å². The normalized spacial score (nSPS) is 14.9. The highest BCUT2D eigenvalue weighted by Gasteiger charge is 2.64. The Labute approximate surface area is 877 Å². The largest absolute Gasteiger partial charge is 0.508 e. The smallest absolute Gasteiger partial charge is 0.494 e. The van der Waals surface area contributed by atoms with Gasteiger partial charge in [0.1, 0.15) is 53.3 Å². The number of halogens is 2. The van der Waals surface area contributed by atoms with Crippen molar-refractivity contribution in [3.05, 3.63) is 308 Å². The predicted molar refractivity (Wildman–Crippen MR) is 590 cm³/mol. The lowest BCUT2D eigenvalue weighted by Crippen LogP contribution is -2.41. The number of rotatable bonds is 22. The van der Waals surface area contributed by atoms with Crippen molar-refractivity contribution in [2.45, 2.75) is 224 Å². The number of phenols is 2. The van der Waals surface area contributed by atoms with E-state index in [4.69, 9.17) is 51.0 Å². The molecule has 3 saturated heterocycles. The summed E-state index contributed by atoms with van der Waals surface area (Å²) in [6.45, 7) is 49.0. The molecule has 16 aromatic rings. The highest BCUT2D eigenvalue weighted by molar-refractivity contribution is 14.1. The van der Waals surface area contributed by atoms with Crippen LogP contribution >= 0.6 is 38.5 Å². The monoisotopic (exact) mass is 2140 g/mol. The average Bonchev–Trinajstić information content (AvgIpc) is 1.59. The molecule has 0 unspecified atom stereocenters. The second kappa shape index (κ2) is 46.4. The lowest BCUT2D eigenvalue weighted by Gasteiger charge is -2.32. The van der Waals surface area contributed by atoms with E-state index >= 15 is 0 Å². The molecular formula is C115H127B3BrIN10O16. The van der Waals surface area contributed by atoms with Crippen LogP contribution in [-0.2, 0) is 41.1 Å². The summed E-state index contributed by atoms with van der Waals surface area (Å²) in [7, 11) is -1.25. The first-order valence-electron chi connectivity index (χ1n) is 49.2. The molecule has 0 saturated carbocycles. The summed E-state index contributed by atoms with van der Waals surface area (Å²) in [5.41, 5.74) is 12.7. The van der Waals surface area contributed by atoms with Gasteiger partial charge in [-0.1, -0.05) is 182 Å². The van der Waals surface area contributed by atoms with Crippen molar-refractivity contribution in [3.63, 3.8) is 0 Å².